The fourth-order valence-electron chi connectivity index (χ4n) is 3.65. The zero-order valence-electron chi connectivity index (χ0n) is 19.9. The number of aromatic nitrogens is 1. The Bertz CT molecular complexity index is 1650. The Morgan fingerprint density at radius 3 is 2.36 bits per heavy atom. The molecule has 1 amide bonds. The molecule has 180 valence electrons. The fourth-order valence-corrected chi connectivity index (χ4v) is 4.75. The van der Waals surface area contributed by atoms with Crippen LogP contribution in [0, 0.1) is 18.3 Å². The van der Waals surface area contributed by atoms with Gasteiger partial charge in [0.2, 0.25) is 0 Å². The number of aryl methyl sites for hydroxylation is 1. The molecule has 1 N–H and O–H groups in total. The highest BCUT2D eigenvalue weighted by Crippen LogP contribution is 2.27. The van der Waals surface area contributed by atoms with Crippen molar-refractivity contribution in [2.75, 3.05) is 19.5 Å². The minimum Gasteiger partial charge on any atom is -0.493 e. The SMILES string of the molecule is COc1ccc(/C=c2/s/c(=C(\C#N)C(=O)Nc3ccccc3C)n(-c3ccccc3)c2=O)cc1OC. The van der Waals surface area contributed by atoms with Gasteiger partial charge < -0.3 is 14.8 Å². The van der Waals surface area contributed by atoms with Crippen molar-refractivity contribution in [3.8, 4) is 23.3 Å². The maximum atomic E-state index is 13.6. The van der Waals surface area contributed by atoms with E-state index in [2.05, 4.69) is 5.32 Å². The van der Waals surface area contributed by atoms with Crippen LogP contribution in [0.25, 0.3) is 17.3 Å². The lowest BCUT2D eigenvalue weighted by Gasteiger charge is -2.08. The lowest BCUT2D eigenvalue weighted by molar-refractivity contribution is -0.111. The van der Waals surface area contributed by atoms with E-state index in [1.54, 1.807) is 67.8 Å². The van der Waals surface area contributed by atoms with Crippen molar-refractivity contribution >= 4 is 34.6 Å². The third kappa shape index (κ3) is 4.92. The molecule has 4 rings (SSSR count). The topological polar surface area (TPSA) is 93.4 Å². The fraction of sp³-hybridized carbons (Fsp3) is 0.107. The Balaban J connectivity index is 1.95. The number of carbonyl (C=O) groups is 1. The van der Waals surface area contributed by atoms with Gasteiger partial charge in [0.25, 0.3) is 11.5 Å². The van der Waals surface area contributed by atoms with E-state index >= 15 is 0 Å². The van der Waals surface area contributed by atoms with E-state index in [1.165, 1.54) is 11.7 Å². The Kier molecular flexibility index (Phi) is 7.33. The molecular formula is C28H23N3O4S. The first-order chi connectivity index (χ1) is 17.5. The van der Waals surface area contributed by atoms with Crippen molar-refractivity contribution in [3.05, 3.63) is 103 Å². The molecule has 1 aromatic heterocycles. The number of rotatable bonds is 6. The van der Waals surface area contributed by atoms with Gasteiger partial charge in [0.15, 0.2) is 17.1 Å². The minimum atomic E-state index is -0.588. The van der Waals surface area contributed by atoms with Crippen LogP contribution in [0.15, 0.2) is 77.6 Å². The van der Waals surface area contributed by atoms with Crippen molar-refractivity contribution < 1.29 is 14.3 Å². The summed E-state index contributed by atoms with van der Waals surface area (Å²) in [4.78, 5) is 26.8. The third-order valence-electron chi connectivity index (χ3n) is 5.49. The van der Waals surface area contributed by atoms with Gasteiger partial charge in [-0.15, -0.1) is 11.3 Å². The second-order valence-electron chi connectivity index (χ2n) is 7.76. The molecule has 0 radical (unpaired) electrons. The van der Waals surface area contributed by atoms with E-state index in [1.807, 2.05) is 31.2 Å². The molecule has 0 saturated heterocycles. The van der Waals surface area contributed by atoms with Crippen molar-refractivity contribution in [3.63, 3.8) is 0 Å². The molecule has 0 atom stereocenters. The van der Waals surface area contributed by atoms with Crippen LogP contribution in [0.3, 0.4) is 0 Å². The molecule has 36 heavy (non-hydrogen) atoms. The van der Waals surface area contributed by atoms with Crippen LogP contribution >= 0.6 is 11.3 Å². The quantitative estimate of drug-likeness (QED) is 0.441. The second kappa shape index (κ2) is 10.8. The summed E-state index contributed by atoms with van der Waals surface area (Å²) in [6, 6.07) is 23.5. The normalized spacial score (nSPS) is 12.0. The summed E-state index contributed by atoms with van der Waals surface area (Å²) < 4.78 is 12.7. The van der Waals surface area contributed by atoms with Crippen molar-refractivity contribution in [1.82, 2.24) is 4.57 Å². The molecule has 0 bridgehead atoms. The van der Waals surface area contributed by atoms with Gasteiger partial charge >= 0.3 is 0 Å². The number of methoxy groups -OCH3 is 2. The predicted molar refractivity (Wildman–Crippen MR) is 141 cm³/mol. The molecule has 0 aliphatic carbocycles. The van der Waals surface area contributed by atoms with Crippen LogP contribution < -0.4 is 29.5 Å². The summed E-state index contributed by atoms with van der Waals surface area (Å²) in [5, 5.41) is 12.8. The second-order valence-corrected chi connectivity index (χ2v) is 8.79. The Morgan fingerprint density at radius 1 is 1.00 bits per heavy atom. The number of para-hydroxylation sites is 2. The number of hydrogen-bond donors (Lipinski definition) is 1. The number of thiazole rings is 1. The summed E-state index contributed by atoms with van der Waals surface area (Å²) >= 11 is 1.08. The van der Waals surface area contributed by atoms with E-state index in [-0.39, 0.29) is 15.8 Å². The molecule has 7 nitrogen and oxygen atoms in total. The molecule has 0 spiro atoms. The monoisotopic (exact) mass is 497 g/mol. The van der Waals surface area contributed by atoms with Crippen LogP contribution in [0.5, 0.6) is 11.5 Å². The maximum Gasteiger partial charge on any atom is 0.273 e. The standard InChI is InChI=1S/C28H23N3O4S/c1-18-9-7-8-12-22(18)30-26(32)21(17-29)28-31(20-10-5-4-6-11-20)27(33)25(36-28)16-19-13-14-23(34-2)24(15-19)35-3/h4-16H,1-3H3,(H,30,32)/b25-16+,28-21+. The molecule has 0 fully saturated rings. The molecular weight excluding hydrogens is 474 g/mol. The van der Waals surface area contributed by atoms with Gasteiger partial charge in [0.1, 0.15) is 10.7 Å². The summed E-state index contributed by atoms with van der Waals surface area (Å²) in [6.45, 7) is 1.86. The lowest BCUT2D eigenvalue weighted by Crippen LogP contribution is -2.32. The highest BCUT2D eigenvalue weighted by molar-refractivity contribution is 7.07. The van der Waals surface area contributed by atoms with Crippen molar-refractivity contribution in [2.24, 2.45) is 0 Å². The first-order valence-electron chi connectivity index (χ1n) is 11.0. The number of carbonyl (C=O) groups excluding carboxylic acids is 1. The summed E-state index contributed by atoms with van der Waals surface area (Å²) in [7, 11) is 3.08. The maximum absolute atomic E-state index is 13.6. The first kappa shape index (κ1) is 24.5. The summed E-state index contributed by atoms with van der Waals surface area (Å²) in [5.41, 5.74) is 2.22. The van der Waals surface area contributed by atoms with E-state index < -0.39 is 5.91 Å². The Labute approximate surface area is 211 Å². The average Bonchev–Trinajstić information content (AvgIpc) is 3.21. The number of ether oxygens (including phenoxy) is 2. The predicted octanol–water partition coefficient (Wildman–Crippen LogP) is 3.37. The highest BCUT2D eigenvalue weighted by atomic mass is 32.1. The smallest absolute Gasteiger partial charge is 0.273 e. The van der Waals surface area contributed by atoms with E-state index in [0.717, 1.165) is 16.9 Å². The van der Waals surface area contributed by atoms with Crippen molar-refractivity contribution in [1.29, 1.82) is 5.26 Å². The van der Waals surface area contributed by atoms with Crippen LogP contribution in [-0.2, 0) is 4.79 Å². The van der Waals surface area contributed by atoms with Crippen LogP contribution in [0.4, 0.5) is 5.69 Å². The molecule has 3 aromatic carbocycles. The lowest BCUT2D eigenvalue weighted by atomic mass is 10.2. The molecule has 0 aliphatic heterocycles. The van der Waals surface area contributed by atoms with Gasteiger partial charge in [0.05, 0.1) is 24.4 Å². The first-order valence-corrected chi connectivity index (χ1v) is 11.8. The minimum absolute atomic E-state index is 0.156. The van der Waals surface area contributed by atoms with Crippen molar-refractivity contribution in [2.45, 2.75) is 6.92 Å². The van der Waals surface area contributed by atoms with E-state index in [9.17, 15) is 14.9 Å². The van der Waals surface area contributed by atoms with Gasteiger partial charge in [-0.2, -0.15) is 5.26 Å². The van der Waals surface area contributed by atoms with E-state index in [0.29, 0.717) is 33.0 Å². The number of hydrogen-bond acceptors (Lipinski definition) is 6. The zero-order chi connectivity index (χ0) is 25.7. The molecule has 1 heterocycles. The van der Waals surface area contributed by atoms with Gasteiger partial charge in [-0.25, -0.2) is 0 Å². The molecule has 8 heteroatoms. The van der Waals surface area contributed by atoms with Gasteiger partial charge in [-0.1, -0.05) is 42.5 Å². The van der Waals surface area contributed by atoms with Crippen LogP contribution in [0.2, 0.25) is 0 Å². The average molecular weight is 498 g/mol. The Hall–Kier alpha value is -4.61. The molecule has 0 saturated carbocycles. The molecule has 0 aliphatic rings. The number of amides is 1. The summed E-state index contributed by atoms with van der Waals surface area (Å²) in [5.74, 6) is 0.500. The number of nitrogens with zero attached hydrogens (tertiary/aromatic N) is 2. The number of nitriles is 1. The van der Waals surface area contributed by atoms with Crippen LogP contribution in [0.1, 0.15) is 11.1 Å². The van der Waals surface area contributed by atoms with Gasteiger partial charge in [-0.3, -0.25) is 14.2 Å². The number of nitrogens with one attached hydrogen (secondary N) is 1. The number of benzene rings is 3. The third-order valence-corrected chi connectivity index (χ3v) is 6.58. The highest BCUT2D eigenvalue weighted by Gasteiger charge is 2.18. The summed E-state index contributed by atoms with van der Waals surface area (Å²) in [6.07, 6.45) is 1.70. The zero-order valence-corrected chi connectivity index (χ0v) is 20.8. The van der Waals surface area contributed by atoms with Crippen LogP contribution in [-0.4, -0.2) is 24.7 Å². The van der Waals surface area contributed by atoms with Gasteiger partial charge in [-0.05, 0) is 54.5 Å². The van der Waals surface area contributed by atoms with E-state index in [4.69, 9.17) is 9.47 Å². The van der Waals surface area contributed by atoms with Gasteiger partial charge in [0, 0.05) is 5.69 Å². The number of anilines is 1. The largest absolute Gasteiger partial charge is 0.493 e. The molecule has 4 aromatic rings. The molecule has 0 unspecified atom stereocenters. The Morgan fingerprint density at radius 2 is 1.69 bits per heavy atom.